The highest BCUT2D eigenvalue weighted by molar-refractivity contribution is 7.89. The molecule has 0 radical (unpaired) electrons. The normalized spacial score (nSPS) is 18.7. The maximum absolute atomic E-state index is 13.0. The Hall–Kier alpha value is -2.16. The number of imidazole rings is 1. The molecule has 1 atom stereocenters. The molecular formula is C16H15ClN4O3S. The second-order valence-electron chi connectivity index (χ2n) is 5.72. The van der Waals surface area contributed by atoms with Gasteiger partial charge in [-0.1, -0.05) is 17.7 Å². The number of sulfonamides is 1. The van der Waals surface area contributed by atoms with Crippen LogP contribution in [0.25, 0.3) is 5.65 Å². The summed E-state index contributed by atoms with van der Waals surface area (Å²) in [6.45, 7) is 0.622. The first-order valence-corrected chi connectivity index (χ1v) is 9.57. The van der Waals surface area contributed by atoms with Crippen molar-refractivity contribution in [3.05, 3.63) is 54.1 Å². The molecule has 0 amide bonds. The van der Waals surface area contributed by atoms with Crippen molar-refractivity contribution >= 4 is 27.3 Å². The molecule has 7 nitrogen and oxygen atoms in total. The molecule has 0 saturated carbocycles. The molecule has 0 aliphatic carbocycles. The highest BCUT2D eigenvalue weighted by atomic mass is 35.5. The van der Waals surface area contributed by atoms with Gasteiger partial charge < -0.3 is 4.74 Å². The lowest BCUT2D eigenvalue weighted by molar-refractivity contribution is 0.214. The summed E-state index contributed by atoms with van der Waals surface area (Å²) in [5.41, 5.74) is 0.494. The monoisotopic (exact) mass is 378 g/mol. The molecule has 25 heavy (non-hydrogen) atoms. The molecule has 0 spiro atoms. The van der Waals surface area contributed by atoms with Crippen LogP contribution < -0.4 is 4.74 Å². The molecule has 130 valence electrons. The van der Waals surface area contributed by atoms with E-state index in [0.29, 0.717) is 24.4 Å². The van der Waals surface area contributed by atoms with Crippen molar-refractivity contribution in [3.8, 4) is 5.75 Å². The summed E-state index contributed by atoms with van der Waals surface area (Å²) in [5, 5.41) is -0.0328. The number of hydrogen-bond donors (Lipinski definition) is 0. The summed E-state index contributed by atoms with van der Waals surface area (Å²) in [6, 6.07) is 8.80. The fourth-order valence-corrected chi connectivity index (χ4v) is 5.00. The van der Waals surface area contributed by atoms with Crippen LogP contribution in [-0.4, -0.2) is 46.3 Å². The minimum absolute atomic E-state index is 0.00760. The summed E-state index contributed by atoms with van der Waals surface area (Å²) in [7, 11) is -3.77. The van der Waals surface area contributed by atoms with Crippen molar-refractivity contribution in [2.75, 3.05) is 13.1 Å². The zero-order chi connectivity index (χ0) is 17.4. The SMILES string of the molecule is O=S(=O)(c1c(Cl)nc2ccccn12)N1CC[C@@H](Oc2cccnc2)C1. The van der Waals surface area contributed by atoms with Crippen LogP contribution in [0, 0.1) is 0 Å². The Labute approximate surface area is 149 Å². The average Bonchev–Trinajstić information content (AvgIpc) is 3.19. The van der Waals surface area contributed by atoms with Crippen LogP contribution in [0.5, 0.6) is 5.75 Å². The largest absolute Gasteiger partial charge is 0.487 e. The van der Waals surface area contributed by atoms with E-state index in [0.717, 1.165) is 0 Å². The van der Waals surface area contributed by atoms with Gasteiger partial charge in [0.2, 0.25) is 0 Å². The number of halogens is 1. The molecule has 0 N–H and O–H groups in total. The van der Waals surface area contributed by atoms with E-state index >= 15 is 0 Å². The van der Waals surface area contributed by atoms with Crippen LogP contribution in [0.4, 0.5) is 0 Å². The number of aromatic nitrogens is 3. The van der Waals surface area contributed by atoms with Gasteiger partial charge in [-0.05, 0) is 30.7 Å². The topological polar surface area (TPSA) is 76.8 Å². The predicted octanol–water partition coefficient (Wildman–Crippen LogP) is 2.22. The first kappa shape index (κ1) is 16.3. The van der Waals surface area contributed by atoms with Gasteiger partial charge in [0.05, 0.1) is 12.7 Å². The summed E-state index contributed by atoms with van der Waals surface area (Å²) in [5.74, 6) is 0.625. The third kappa shape index (κ3) is 2.97. The molecule has 1 fully saturated rings. The van der Waals surface area contributed by atoms with Gasteiger partial charge in [-0.2, -0.15) is 4.31 Å². The van der Waals surface area contributed by atoms with Crippen molar-refractivity contribution in [3.63, 3.8) is 0 Å². The van der Waals surface area contributed by atoms with E-state index in [2.05, 4.69) is 9.97 Å². The van der Waals surface area contributed by atoms with Crippen LogP contribution in [0.15, 0.2) is 53.9 Å². The molecule has 1 aliphatic rings. The van der Waals surface area contributed by atoms with E-state index in [9.17, 15) is 8.42 Å². The highest BCUT2D eigenvalue weighted by Crippen LogP contribution is 2.29. The molecule has 0 unspecified atom stereocenters. The summed E-state index contributed by atoms with van der Waals surface area (Å²) in [6.07, 6.45) is 5.28. The standard InChI is InChI=1S/C16H15ClN4O3S/c17-15-16(21-8-2-1-5-14(21)19-15)25(22,23)20-9-6-13(11-20)24-12-4-3-7-18-10-12/h1-5,7-8,10,13H,6,9,11H2/t13-/m1/s1. The lowest BCUT2D eigenvalue weighted by Crippen LogP contribution is -2.32. The number of hydrogen-bond acceptors (Lipinski definition) is 5. The lowest BCUT2D eigenvalue weighted by Gasteiger charge is -2.17. The maximum Gasteiger partial charge on any atom is 0.262 e. The Morgan fingerprint density at radius 2 is 2.12 bits per heavy atom. The van der Waals surface area contributed by atoms with Gasteiger partial charge in [0.15, 0.2) is 10.2 Å². The summed E-state index contributed by atoms with van der Waals surface area (Å²) >= 11 is 6.12. The minimum Gasteiger partial charge on any atom is -0.487 e. The van der Waals surface area contributed by atoms with E-state index in [1.165, 1.54) is 8.71 Å². The molecule has 9 heteroatoms. The Kier molecular flexibility index (Phi) is 4.10. The van der Waals surface area contributed by atoms with Gasteiger partial charge in [-0.3, -0.25) is 9.38 Å². The van der Waals surface area contributed by atoms with E-state index < -0.39 is 10.0 Å². The second-order valence-corrected chi connectivity index (χ2v) is 7.93. The quantitative estimate of drug-likeness (QED) is 0.695. The van der Waals surface area contributed by atoms with Crippen LogP contribution in [-0.2, 0) is 10.0 Å². The Bertz CT molecular complexity index is 1010. The molecule has 0 aromatic carbocycles. The summed E-state index contributed by atoms with van der Waals surface area (Å²) in [4.78, 5) is 8.12. The molecule has 1 aliphatic heterocycles. The Morgan fingerprint density at radius 1 is 1.24 bits per heavy atom. The molecule has 4 heterocycles. The molecule has 3 aromatic heterocycles. The molecule has 0 bridgehead atoms. The first-order chi connectivity index (χ1) is 12.1. The van der Waals surface area contributed by atoms with Crippen LogP contribution in [0.1, 0.15) is 6.42 Å². The van der Waals surface area contributed by atoms with Crippen molar-refractivity contribution < 1.29 is 13.2 Å². The zero-order valence-corrected chi connectivity index (χ0v) is 14.7. The minimum atomic E-state index is -3.77. The molecule has 4 rings (SSSR count). The van der Waals surface area contributed by atoms with Crippen molar-refractivity contribution in [1.82, 2.24) is 18.7 Å². The Morgan fingerprint density at radius 3 is 2.92 bits per heavy atom. The number of fused-ring (bicyclic) bond motifs is 1. The van der Waals surface area contributed by atoms with E-state index in [-0.39, 0.29) is 22.8 Å². The van der Waals surface area contributed by atoms with E-state index in [1.807, 2.05) is 0 Å². The molecule has 1 saturated heterocycles. The van der Waals surface area contributed by atoms with Gasteiger partial charge in [0.1, 0.15) is 17.5 Å². The number of ether oxygens (including phenoxy) is 1. The van der Waals surface area contributed by atoms with Gasteiger partial charge in [-0.15, -0.1) is 0 Å². The van der Waals surface area contributed by atoms with Crippen LogP contribution in [0.3, 0.4) is 0 Å². The Balaban J connectivity index is 1.60. The smallest absolute Gasteiger partial charge is 0.262 e. The lowest BCUT2D eigenvalue weighted by atomic mass is 10.3. The van der Waals surface area contributed by atoms with Gasteiger partial charge >= 0.3 is 0 Å². The number of pyridine rings is 2. The number of rotatable bonds is 4. The first-order valence-electron chi connectivity index (χ1n) is 7.75. The van der Waals surface area contributed by atoms with Gasteiger partial charge in [0, 0.05) is 18.9 Å². The summed E-state index contributed by atoms with van der Waals surface area (Å²) < 4.78 is 34.8. The zero-order valence-electron chi connectivity index (χ0n) is 13.1. The molecular weight excluding hydrogens is 364 g/mol. The molecule has 3 aromatic rings. The van der Waals surface area contributed by atoms with Crippen LogP contribution >= 0.6 is 11.6 Å². The van der Waals surface area contributed by atoms with Crippen molar-refractivity contribution in [2.45, 2.75) is 17.6 Å². The average molecular weight is 379 g/mol. The van der Waals surface area contributed by atoms with Crippen molar-refractivity contribution in [2.24, 2.45) is 0 Å². The van der Waals surface area contributed by atoms with Crippen LogP contribution in [0.2, 0.25) is 5.15 Å². The van der Waals surface area contributed by atoms with E-state index in [1.54, 1.807) is 48.9 Å². The highest BCUT2D eigenvalue weighted by Gasteiger charge is 2.37. The third-order valence-electron chi connectivity index (χ3n) is 4.08. The maximum atomic E-state index is 13.0. The third-order valence-corrected chi connectivity index (χ3v) is 6.34. The number of nitrogens with zero attached hydrogens (tertiary/aromatic N) is 4. The van der Waals surface area contributed by atoms with Gasteiger partial charge in [-0.25, -0.2) is 13.4 Å². The predicted molar refractivity (Wildman–Crippen MR) is 92.2 cm³/mol. The fourth-order valence-electron chi connectivity index (χ4n) is 2.92. The fraction of sp³-hybridized carbons (Fsp3) is 0.250. The van der Waals surface area contributed by atoms with Gasteiger partial charge in [0.25, 0.3) is 10.0 Å². The van der Waals surface area contributed by atoms with Crippen molar-refractivity contribution in [1.29, 1.82) is 0 Å². The second kappa shape index (κ2) is 6.29. The van der Waals surface area contributed by atoms with E-state index in [4.69, 9.17) is 16.3 Å².